The van der Waals surface area contributed by atoms with Gasteiger partial charge in [-0.2, -0.15) is 0 Å². The van der Waals surface area contributed by atoms with Crippen molar-refractivity contribution >= 4 is 11.6 Å². The average molecular weight is 311 g/mol. The molecule has 2 saturated heterocycles. The zero-order valence-corrected chi connectivity index (χ0v) is 13.5. The van der Waals surface area contributed by atoms with Gasteiger partial charge < -0.3 is 19.1 Å². The largest absolute Gasteiger partial charge is 0.497 e. The molecule has 23 heavy (non-hydrogen) atoms. The predicted octanol–water partition coefficient (Wildman–Crippen LogP) is 2.00. The molecule has 0 N–H and O–H groups in total. The van der Waals surface area contributed by atoms with Gasteiger partial charge in [-0.1, -0.05) is 0 Å². The minimum atomic E-state index is 0.144. The number of rotatable bonds is 3. The van der Waals surface area contributed by atoms with Crippen molar-refractivity contribution in [3.05, 3.63) is 48.3 Å². The van der Waals surface area contributed by atoms with Gasteiger partial charge in [0.05, 0.1) is 7.11 Å². The van der Waals surface area contributed by atoms with Crippen LogP contribution in [-0.4, -0.2) is 48.7 Å². The summed E-state index contributed by atoms with van der Waals surface area (Å²) in [5.41, 5.74) is 2.29. The number of methoxy groups -OCH3 is 1. The van der Waals surface area contributed by atoms with Gasteiger partial charge >= 0.3 is 0 Å². The highest BCUT2D eigenvalue weighted by atomic mass is 16.5. The maximum absolute atomic E-state index is 12.4. The standard InChI is InChI=1S/C18H21N3O2/c1-19-9-3-4-16(19)17(22)21-12-18(13-21)10-20(11-18)14-5-7-15(23-2)8-6-14/h3-9H,10-13H2,1-2H3. The number of carbonyl (C=O) groups is 1. The predicted molar refractivity (Wildman–Crippen MR) is 89.0 cm³/mol. The summed E-state index contributed by atoms with van der Waals surface area (Å²) in [6.45, 7) is 3.78. The zero-order chi connectivity index (χ0) is 16.0. The van der Waals surface area contributed by atoms with Gasteiger partial charge in [-0.15, -0.1) is 0 Å². The number of carbonyl (C=O) groups excluding carboxylic acids is 1. The first kappa shape index (κ1) is 14.2. The number of benzene rings is 1. The van der Waals surface area contributed by atoms with Crippen molar-refractivity contribution in [1.29, 1.82) is 0 Å². The number of aryl methyl sites for hydroxylation is 1. The molecule has 0 unspecified atom stereocenters. The van der Waals surface area contributed by atoms with Gasteiger partial charge in [0.1, 0.15) is 11.4 Å². The molecule has 5 nitrogen and oxygen atoms in total. The molecule has 0 radical (unpaired) electrons. The number of likely N-dealkylation sites (tertiary alicyclic amines) is 1. The van der Waals surface area contributed by atoms with E-state index in [0.717, 1.165) is 37.6 Å². The van der Waals surface area contributed by atoms with Gasteiger partial charge in [-0.25, -0.2) is 0 Å². The highest BCUT2D eigenvalue weighted by Gasteiger charge is 2.53. The summed E-state index contributed by atoms with van der Waals surface area (Å²) in [5.74, 6) is 1.03. The molecule has 1 spiro atoms. The van der Waals surface area contributed by atoms with Gasteiger partial charge in [-0.3, -0.25) is 4.79 Å². The second-order valence-electron chi connectivity index (χ2n) is 6.72. The van der Waals surface area contributed by atoms with E-state index in [1.54, 1.807) is 7.11 Å². The third kappa shape index (κ3) is 2.27. The Kier molecular flexibility index (Phi) is 3.11. The van der Waals surface area contributed by atoms with E-state index in [2.05, 4.69) is 17.0 Å². The third-order valence-corrected chi connectivity index (χ3v) is 4.99. The maximum atomic E-state index is 12.4. The van der Waals surface area contributed by atoms with Crippen molar-refractivity contribution in [1.82, 2.24) is 9.47 Å². The Balaban J connectivity index is 1.34. The van der Waals surface area contributed by atoms with Gasteiger partial charge in [0.25, 0.3) is 5.91 Å². The SMILES string of the molecule is COc1ccc(N2CC3(CN(C(=O)c4cccn4C)C3)C2)cc1. The molecule has 2 aliphatic heterocycles. The summed E-state index contributed by atoms with van der Waals surface area (Å²) in [5, 5.41) is 0. The summed E-state index contributed by atoms with van der Waals surface area (Å²) in [6.07, 6.45) is 1.91. The van der Waals surface area contributed by atoms with E-state index >= 15 is 0 Å². The van der Waals surface area contributed by atoms with Gasteiger partial charge in [-0.05, 0) is 36.4 Å². The lowest BCUT2D eigenvalue weighted by Crippen LogP contribution is -2.73. The van der Waals surface area contributed by atoms with Crippen molar-refractivity contribution in [2.75, 3.05) is 38.2 Å². The van der Waals surface area contributed by atoms with E-state index in [4.69, 9.17) is 4.74 Å². The van der Waals surface area contributed by atoms with Crippen LogP contribution < -0.4 is 9.64 Å². The van der Waals surface area contributed by atoms with Crippen LogP contribution in [0.3, 0.4) is 0 Å². The van der Waals surface area contributed by atoms with E-state index in [1.165, 1.54) is 5.69 Å². The van der Waals surface area contributed by atoms with Crippen LogP contribution in [0.4, 0.5) is 5.69 Å². The second-order valence-corrected chi connectivity index (χ2v) is 6.72. The van der Waals surface area contributed by atoms with E-state index in [1.807, 2.05) is 47.0 Å². The molecule has 3 heterocycles. The molecule has 1 aromatic heterocycles. The van der Waals surface area contributed by atoms with Crippen molar-refractivity contribution < 1.29 is 9.53 Å². The Morgan fingerprint density at radius 3 is 2.35 bits per heavy atom. The quantitative estimate of drug-likeness (QED) is 0.870. The fourth-order valence-corrected chi connectivity index (χ4v) is 3.69. The van der Waals surface area contributed by atoms with E-state index in [9.17, 15) is 4.79 Å². The first-order valence-corrected chi connectivity index (χ1v) is 7.90. The molecule has 0 aliphatic carbocycles. The summed E-state index contributed by atoms with van der Waals surface area (Å²) in [4.78, 5) is 16.8. The van der Waals surface area contributed by atoms with Crippen LogP contribution in [0.5, 0.6) is 5.75 Å². The number of aromatic nitrogens is 1. The van der Waals surface area contributed by atoms with Crippen molar-refractivity contribution in [2.45, 2.75) is 0 Å². The highest BCUT2D eigenvalue weighted by molar-refractivity contribution is 5.93. The number of ether oxygens (including phenoxy) is 1. The molecule has 0 saturated carbocycles. The summed E-state index contributed by atoms with van der Waals surface area (Å²) < 4.78 is 7.08. The number of amides is 1. The monoisotopic (exact) mass is 311 g/mol. The van der Waals surface area contributed by atoms with E-state index in [-0.39, 0.29) is 5.91 Å². The molecule has 4 rings (SSSR count). The minimum absolute atomic E-state index is 0.144. The average Bonchev–Trinajstić information content (AvgIpc) is 2.91. The number of nitrogens with zero attached hydrogens (tertiary/aromatic N) is 3. The third-order valence-electron chi connectivity index (χ3n) is 4.99. The molecule has 5 heteroatoms. The van der Waals surface area contributed by atoms with Crippen LogP contribution in [-0.2, 0) is 7.05 Å². The van der Waals surface area contributed by atoms with Crippen LogP contribution in [0.2, 0.25) is 0 Å². The number of anilines is 1. The van der Waals surface area contributed by atoms with Gasteiger partial charge in [0.2, 0.25) is 0 Å². The Morgan fingerprint density at radius 1 is 1.09 bits per heavy atom. The molecule has 1 aromatic carbocycles. The van der Waals surface area contributed by atoms with Crippen LogP contribution in [0.25, 0.3) is 0 Å². The lowest BCUT2D eigenvalue weighted by Gasteiger charge is -2.60. The first-order chi connectivity index (χ1) is 11.1. The highest BCUT2D eigenvalue weighted by Crippen LogP contribution is 2.42. The van der Waals surface area contributed by atoms with Crippen LogP contribution in [0, 0.1) is 5.41 Å². The molecule has 2 fully saturated rings. The molecular formula is C18H21N3O2. The fraction of sp³-hybridized carbons (Fsp3) is 0.389. The summed E-state index contributed by atoms with van der Waals surface area (Å²) >= 11 is 0. The molecule has 1 amide bonds. The summed E-state index contributed by atoms with van der Waals surface area (Å²) in [6, 6.07) is 12.0. The molecule has 2 aromatic rings. The van der Waals surface area contributed by atoms with Gasteiger partial charge in [0, 0.05) is 50.5 Å². The van der Waals surface area contributed by atoms with Crippen LogP contribution >= 0.6 is 0 Å². The van der Waals surface area contributed by atoms with Crippen LogP contribution in [0.1, 0.15) is 10.5 Å². The van der Waals surface area contributed by atoms with Crippen molar-refractivity contribution in [2.24, 2.45) is 12.5 Å². The lowest BCUT2D eigenvalue weighted by atomic mass is 9.72. The lowest BCUT2D eigenvalue weighted by molar-refractivity contribution is -0.0111. The number of hydrogen-bond acceptors (Lipinski definition) is 3. The Labute approximate surface area is 136 Å². The Morgan fingerprint density at radius 2 is 1.78 bits per heavy atom. The van der Waals surface area contributed by atoms with Gasteiger partial charge in [0.15, 0.2) is 0 Å². The molecule has 120 valence electrons. The molecule has 0 atom stereocenters. The van der Waals surface area contributed by atoms with E-state index < -0.39 is 0 Å². The maximum Gasteiger partial charge on any atom is 0.270 e. The second kappa shape index (κ2) is 5.05. The van der Waals surface area contributed by atoms with Crippen molar-refractivity contribution in [3.63, 3.8) is 0 Å². The van der Waals surface area contributed by atoms with Crippen LogP contribution in [0.15, 0.2) is 42.6 Å². The molecular weight excluding hydrogens is 290 g/mol. The Hall–Kier alpha value is -2.43. The first-order valence-electron chi connectivity index (χ1n) is 7.90. The van der Waals surface area contributed by atoms with Crippen molar-refractivity contribution in [3.8, 4) is 5.75 Å². The summed E-state index contributed by atoms with van der Waals surface area (Å²) in [7, 11) is 3.60. The minimum Gasteiger partial charge on any atom is -0.497 e. The topological polar surface area (TPSA) is 37.7 Å². The molecule has 2 aliphatic rings. The normalized spacial score (nSPS) is 18.5. The number of hydrogen-bond donors (Lipinski definition) is 0. The fourth-order valence-electron chi connectivity index (χ4n) is 3.69. The Bertz CT molecular complexity index is 721. The zero-order valence-electron chi connectivity index (χ0n) is 13.5. The van der Waals surface area contributed by atoms with E-state index in [0.29, 0.717) is 5.41 Å². The molecule has 0 bridgehead atoms. The smallest absolute Gasteiger partial charge is 0.270 e.